The van der Waals surface area contributed by atoms with Crippen LogP contribution >= 0.6 is 11.8 Å². The van der Waals surface area contributed by atoms with Crippen molar-refractivity contribution in [2.24, 2.45) is 29.1 Å². The van der Waals surface area contributed by atoms with Crippen LogP contribution < -0.4 is 0 Å². The molecule has 0 radical (unpaired) electrons. The molecule has 98 valence electrons. The lowest BCUT2D eigenvalue weighted by Gasteiger charge is -2.53. The van der Waals surface area contributed by atoms with E-state index < -0.39 is 5.97 Å². The average Bonchev–Trinajstić information content (AvgIpc) is 2.21. The van der Waals surface area contributed by atoms with Crippen LogP contribution in [-0.4, -0.2) is 22.1 Å². The van der Waals surface area contributed by atoms with Crippen molar-refractivity contribution in [1.29, 1.82) is 0 Å². The monoisotopic (exact) mass is 256 g/mol. The summed E-state index contributed by atoms with van der Waals surface area (Å²) >= 11 is 2.08. The highest BCUT2D eigenvalue weighted by molar-refractivity contribution is 8.00. The Labute approximate surface area is 109 Å². The van der Waals surface area contributed by atoms with Gasteiger partial charge in [0.2, 0.25) is 0 Å². The minimum atomic E-state index is -0.589. The normalized spacial score (nSPS) is 45.1. The molecule has 0 aromatic carbocycles. The maximum absolute atomic E-state index is 11.4. The van der Waals surface area contributed by atoms with E-state index in [1.165, 1.54) is 12.2 Å². The summed E-state index contributed by atoms with van der Waals surface area (Å²) in [6.45, 7) is 9.07. The number of thioether (sulfide) groups is 1. The van der Waals surface area contributed by atoms with E-state index in [-0.39, 0.29) is 5.92 Å². The fourth-order valence-corrected chi connectivity index (χ4v) is 6.21. The quantitative estimate of drug-likeness (QED) is 0.780. The SMILES string of the molecule is CC1CC(C(=O)O)C(C)C2C1SCCC2(C)C. The van der Waals surface area contributed by atoms with E-state index in [0.717, 1.165) is 6.42 Å². The molecule has 1 N–H and O–H groups in total. The maximum atomic E-state index is 11.4. The first-order valence-electron chi connectivity index (χ1n) is 6.69. The molecular weight excluding hydrogens is 232 g/mol. The van der Waals surface area contributed by atoms with E-state index in [4.69, 9.17) is 0 Å². The van der Waals surface area contributed by atoms with E-state index in [2.05, 4.69) is 39.5 Å². The highest BCUT2D eigenvalue weighted by atomic mass is 32.2. The molecule has 5 atom stereocenters. The smallest absolute Gasteiger partial charge is 0.306 e. The molecule has 0 aromatic rings. The first-order chi connectivity index (χ1) is 7.84. The summed E-state index contributed by atoms with van der Waals surface area (Å²) < 4.78 is 0. The molecule has 0 bridgehead atoms. The highest BCUT2D eigenvalue weighted by Crippen LogP contribution is 2.55. The van der Waals surface area contributed by atoms with E-state index in [0.29, 0.717) is 28.4 Å². The largest absolute Gasteiger partial charge is 0.481 e. The lowest BCUT2D eigenvalue weighted by atomic mass is 9.58. The van der Waals surface area contributed by atoms with Gasteiger partial charge in [-0.1, -0.05) is 27.7 Å². The Hall–Kier alpha value is -0.180. The zero-order chi connectivity index (χ0) is 12.8. The topological polar surface area (TPSA) is 37.3 Å². The highest BCUT2D eigenvalue weighted by Gasteiger charge is 2.51. The van der Waals surface area contributed by atoms with Crippen molar-refractivity contribution in [3.05, 3.63) is 0 Å². The second-order valence-corrected chi connectivity index (χ2v) is 7.90. The van der Waals surface area contributed by atoms with Crippen LogP contribution in [0.4, 0.5) is 0 Å². The average molecular weight is 256 g/mol. The third-order valence-electron chi connectivity index (χ3n) is 5.02. The summed E-state index contributed by atoms with van der Waals surface area (Å²) in [6, 6.07) is 0. The van der Waals surface area contributed by atoms with Gasteiger partial charge in [-0.25, -0.2) is 0 Å². The molecule has 1 aliphatic carbocycles. The van der Waals surface area contributed by atoms with E-state index >= 15 is 0 Å². The van der Waals surface area contributed by atoms with Crippen molar-refractivity contribution in [3.8, 4) is 0 Å². The van der Waals surface area contributed by atoms with Crippen molar-refractivity contribution in [3.63, 3.8) is 0 Å². The second kappa shape index (κ2) is 4.49. The van der Waals surface area contributed by atoms with E-state index in [9.17, 15) is 9.90 Å². The lowest BCUT2D eigenvalue weighted by Crippen LogP contribution is -2.51. The summed E-state index contributed by atoms with van der Waals surface area (Å²) in [4.78, 5) is 11.4. The standard InChI is InChI=1S/C14H24O2S/c1-8-7-10(13(15)16)9(2)11-12(8)17-6-5-14(11,3)4/h8-12H,5-7H2,1-4H3,(H,15,16). The van der Waals surface area contributed by atoms with Crippen LogP contribution in [0.1, 0.15) is 40.5 Å². The van der Waals surface area contributed by atoms with Crippen molar-refractivity contribution >= 4 is 17.7 Å². The third kappa shape index (κ3) is 2.23. The summed E-state index contributed by atoms with van der Waals surface area (Å²) in [5.74, 6) is 1.94. The maximum Gasteiger partial charge on any atom is 0.306 e. The molecule has 5 unspecified atom stereocenters. The molecule has 2 aliphatic rings. The molecule has 17 heavy (non-hydrogen) atoms. The van der Waals surface area contributed by atoms with Crippen LogP contribution in [0.2, 0.25) is 0 Å². The van der Waals surface area contributed by atoms with E-state index in [1.807, 2.05) is 0 Å². The van der Waals surface area contributed by atoms with Gasteiger partial charge in [-0.05, 0) is 41.8 Å². The van der Waals surface area contributed by atoms with Gasteiger partial charge in [0.05, 0.1) is 5.92 Å². The lowest BCUT2D eigenvalue weighted by molar-refractivity contribution is -0.147. The zero-order valence-electron chi connectivity index (χ0n) is 11.3. The molecule has 1 heterocycles. The molecule has 2 rings (SSSR count). The molecule has 0 aromatic heterocycles. The summed E-state index contributed by atoms with van der Waals surface area (Å²) in [5, 5.41) is 10.1. The zero-order valence-corrected chi connectivity index (χ0v) is 12.1. The van der Waals surface area contributed by atoms with E-state index in [1.54, 1.807) is 0 Å². The molecule has 3 heteroatoms. The van der Waals surface area contributed by atoms with Crippen molar-refractivity contribution in [2.45, 2.75) is 45.8 Å². The van der Waals surface area contributed by atoms with Gasteiger partial charge in [0.25, 0.3) is 0 Å². The van der Waals surface area contributed by atoms with Crippen molar-refractivity contribution in [1.82, 2.24) is 0 Å². The minimum Gasteiger partial charge on any atom is -0.481 e. The number of carboxylic acid groups (broad SMARTS) is 1. The van der Waals surface area contributed by atoms with Gasteiger partial charge >= 0.3 is 5.97 Å². The molecular formula is C14H24O2S. The Morgan fingerprint density at radius 1 is 1.35 bits per heavy atom. The van der Waals surface area contributed by atoms with Gasteiger partial charge in [-0.3, -0.25) is 4.79 Å². The number of carboxylic acids is 1. The Bertz CT molecular complexity index is 313. The van der Waals surface area contributed by atoms with Gasteiger partial charge in [0.1, 0.15) is 0 Å². The number of aliphatic carboxylic acids is 1. The second-order valence-electron chi connectivity index (χ2n) is 6.62. The van der Waals surface area contributed by atoms with Gasteiger partial charge in [0, 0.05) is 5.25 Å². The van der Waals surface area contributed by atoms with Crippen molar-refractivity contribution in [2.75, 3.05) is 5.75 Å². The minimum absolute atomic E-state index is 0.135. The fourth-order valence-electron chi connectivity index (χ4n) is 4.03. The molecule has 1 saturated heterocycles. The predicted octanol–water partition coefficient (Wildman–Crippen LogP) is 3.51. The van der Waals surface area contributed by atoms with Gasteiger partial charge in [-0.15, -0.1) is 0 Å². The first kappa shape index (κ1) is 13.3. The number of carbonyl (C=O) groups is 1. The van der Waals surface area contributed by atoms with Gasteiger partial charge in [0.15, 0.2) is 0 Å². The first-order valence-corrected chi connectivity index (χ1v) is 7.74. The van der Waals surface area contributed by atoms with Crippen LogP contribution in [0.15, 0.2) is 0 Å². The van der Waals surface area contributed by atoms with Crippen LogP contribution in [0.5, 0.6) is 0 Å². The number of rotatable bonds is 1. The Morgan fingerprint density at radius 3 is 2.59 bits per heavy atom. The number of hydrogen-bond donors (Lipinski definition) is 1. The van der Waals surface area contributed by atoms with Gasteiger partial charge < -0.3 is 5.11 Å². The third-order valence-corrected chi connectivity index (χ3v) is 6.60. The molecule has 2 fully saturated rings. The van der Waals surface area contributed by atoms with Crippen LogP contribution in [0.3, 0.4) is 0 Å². The van der Waals surface area contributed by atoms with Gasteiger partial charge in [-0.2, -0.15) is 11.8 Å². The van der Waals surface area contributed by atoms with Crippen LogP contribution in [0, 0.1) is 29.1 Å². The molecule has 0 spiro atoms. The molecule has 1 aliphatic heterocycles. The summed E-state index contributed by atoms with van der Waals surface area (Å²) in [5.41, 5.74) is 0.303. The number of hydrogen-bond acceptors (Lipinski definition) is 2. The number of fused-ring (bicyclic) bond motifs is 1. The summed E-state index contributed by atoms with van der Waals surface area (Å²) in [7, 11) is 0. The van der Waals surface area contributed by atoms with Crippen LogP contribution in [0.25, 0.3) is 0 Å². The fraction of sp³-hybridized carbons (Fsp3) is 0.929. The molecule has 0 amide bonds. The molecule has 2 nitrogen and oxygen atoms in total. The Balaban J connectivity index is 2.29. The predicted molar refractivity (Wildman–Crippen MR) is 72.2 cm³/mol. The molecule has 1 saturated carbocycles. The van der Waals surface area contributed by atoms with Crippen LogP contribution in [-0.2, 0) is 4.79 Å². The van der Waals surface area contributed by atoms with Crippen molar-refractivity contribution < 1.29 is 9.90 Å². The Morgan fingerprint density at radius 2 is 2.00 bits per heavy atom. The Kier molecular flexibility index (Phi) is 3.50. The summed E-state index contributed by atoms with van der Waals surface area (Å²) in [6.07, 6.45) is 2.09.